The topological polar surface area (TPSA) is 214 Å². The Labute approximate surface area is 610 Å². The van der Waals surface area contributed by atoms with Crippen LogP contribution in [0.1, 0.15) is 169 Å². The molecule has 5 aliphatic rings. The molecule has 0 aliphatic carbocycles. The number of anilines is 2. The molecule has 5 fully saturated rings. The van der Waals surface area contributed by atoms with Crippen molar-refractivity contribution in [2.45, 2.75) is 200 Å². The predicted molar refractivity (Wildman–Crippen MR) is 401 cm³/mol. The van der Waals surface area contributed by atoms with Gasteiger partial charge in [-0.2, -0.15) is 9.97 Å². The molecule has 3 amide bonds. The van der Waals surface area contributed by atoms with Crippen LogP contribution < -0.4 is 24.6 Å². The molecule has 0 radical (unpaired) electrons. The maximum Gasteiger partial charge on any atom is 0.410 e. The number of hydrogen-bond acceptors (Lipinski definition) is 18. The fourth-order valence-corrected chi connectivity index (χ4v) is 23.0. The van der Waals surface area contributed by atoms with E-state index in [2.05, 4.69) is 83.2 Å². The summed E-state index contributed by atoms with van der Waals surface area (Å²) >= 11 is 1.59. The Morgan fingerprint density at radius 3 is 2.14 bits per heavy atom. The van der Waals surface area contributed by atoms with Gasteiger partial charge in [0.2, 0.25) is 11.8 Å². The number of benzene rings is 3. The second-order valence-electron chi connectivity index (χ2n) is 31.5. The molecule has 103 heavy (non-hydrogen) atoms. The molecule has 0 saturated carbocycles. The SMILES string of the molecule is COCOc1cc(-c2ncc3c(N4C[C@H]5CC[C@@H](C4)N5C(=O)OC(C)(C)C)nc(OCCN4CCC(CC5CCN(c6cc([C@H](C(=O)N7C[C@H](O)C[C@H]7C(=O)N[C@@H](C)c7ccc(-c8scnc8C)cc7)C(C)C)on6)CC5)CC4)nc3c2F)c2c(C#C[Si](C(C)C)(C(C)C)C(C)C)c(F)ccc2c1. The zero-order valence-corrected chi connectivity index (χ0v) is 64.2. The van der Waals surface area contributed by atoms with Crippen LogP contribution in [0.3, 0.4) is 0 Å². The third-order valence-corrected chi connectivity index (χ3v) is 29.6. The molecule has 5 saturated heterocycles. The van der Waals surface area contributed by atoms with Gasteiger partial charge in [-0.3, -0.25) is 24.4 Å². The van der Waals surface area contributed by atoms with Gasteiger partial charge in [-0.15, -0.1) is 16.9 Å². The quantitative estimate of drug-likeness (QED) is 0.0367. The molecule has 9 heterocycles. The summed E-state index contributed by atoms with van der Waals surface area (Å²) in [4.78, 5) is 72.6. The molecule has 4 aromatic heterocycles. The van der Waals surface area contributed by atoms with Crippen molar-refractivity contribution in [1.29, 1.82) is 0 Å². The lowest BCUT2D eigenvalue weighted by Gasteiger charge is -2.42. The van der Waals surface area contributed by atoms with Gasteiger partial charge >= 0.3 is 12.1 Å². The van der Waals surface area contributed by atoms with Crippen LogP contribution >= 0.6 is 11.3 Å². The average molecular weight is 1450 g/mol. The van der Waals surface area contributed by atoms with Crippen LogP contribution in [0, 0.1) is 47.8 Å². The van der Waals surface area contributed by atoms with Crippen molar-refractivity contribution in [3.8, 4) is 44.9 Å². The van der Waals surface area contributed by atoms with Gasteiger partial charge in [-0.25, -0.2) is 18.6 Å². The molecule has 7 aromatic rings. The molecule has 0 unspecified atom stereocenters. The van der Waals surface area contributed by atoms with Gasteiger partial charge in [0.25, 0.3) is 0 Å². The summed E-state index contributed by atoms with van der Waals surface area (Å²) in [5, 5.41) is 19.9. The number of amides is 3. The molecule has 552 valence electrons. The summed E-state index contributed by atoms with van der Waals surface area (Å²) in [5.74, 6) is 3.77. The first kappa shape index (κ1) is 74.9. The monoisotopic (exact) mass is 1450 g/mol. The van der Waals surface area contributed by atoms with Crippen molar-refractivity contribution in [3.05, 3.63) is 101 Å². The lowest BCUT2D eigenvalue weighted by molar-refractivity contribution is -0.141. The molecule has 24 heteroatoms. The van der Waals surface area contributed by atoms with Crippen molar-refractivity contribution in [2.75, 3.05) is 82.7 Å². The Bertz CT molecular complexity index is 4220. The highest BCUT2D eigenvalue weighted by atomic mass is 32.1. The lowest BCUT2D eigenvalue weighted by Crippen LogP contribution is -2.57. The number of fused-ring (bicyclic) bond motifs is 4. The van der Waals surface area contributed by atoms with Crippen molar-refractivity contribution in [2.24, 2.45) is 17.8 Å². The summed E-state index contributed by atoms with van der Waals surface area (Å²) in [6.07, 6.45) is 7.32. The number of aliphatic hydroxyl groups is 1. The summed E-state index contributed by atoms with van der Waals surface area (Å²) in [5.41, 5.74) is 9.08. The number of hydrogen-bond donors (Lipinski definition) is 2. The average Bonchev–Trinajstić information content (AvgIpc) is 1.13. The maximum absolute atomic E-state index is 18.2. The zero-order valence-electron chi connectivity index (χ0n) is 62.4. The van der Waals surface area contributed by atoms with Crippen LogP contribution in [0.4, 0.5) is 25.2 Å². The number of pyridine rings is 1. The highest BCUT2D eigenvalue weighted by Gasteiger charge is 2.47. The number of rotatable bonds is 22. The Kier molecular flexibility index (Phi) is 22.9. The number of β-amino-alcohol motifs (C(OH)–C–C–N with tert-alkyl or cyclic N) is 1. The normalized spacial score (nSPS) is 20.0. The first-order valence-electron chi connectivity index (χ1n) is 37.1. The number of carbonyl (C=O) groups excluding carboxylic acids is 3. The van der Waals surface area contributed by atoms with E-state index in [1.165, 1.54) is 18.1 Å². The van der Waals surface area contributed by atoms with E-state index in [1.54, 1.807) is 35.7 Å². The molecule has 2 bridgehead atoms. The number of piperazine rings is 1. The summed E-state index contributed by atoms with van der Waals surface area (Å²) in [6, 6.07) is 15.0. The number of nitrogens with one attached hydrogen (secondary N) is 1. The fourth-order valence-electron chi connectivity index (χ4n) is 17.0. The number of aromatic nitrogens is 5. The summed E-state index contributed by atoms with van der Waals surface area (Å²) in [6.45, 7) is 31.8. The smallest absolute Gasteiger partial charge is 0.410 e. The van der Waals surface area contributed by atoms with Crippen molar-refractivity contribution in [3.63, 3.8) is 0 Å². The van der Waals surface area contributed by atoms with Crippen molar-refractivity contribution < 1.29 is 51.7 Å². The van der Waals surface area contributed by atoms with Gasteiger partial charge in [-0.05, 0) is 162 Å². The number of aryl methyl sites for hydroxylation is 1. The van der Waals surface area contributed by atoms with E-state index >= 15 is 8.78 Å². The second-order valence-corrected chi connectivity index (χ2v) is 37.9. The third kappa shape index (κ3) is 16.1. The molecule has 6 atom stereocenters. The highest BCUT2D eigenvalue weighted by Crippen LogP contribution is 2.45. The number of methoxy groups -OCH3 is 1. The zero-order chi connectivity index (χ0) is 73.3. The first-order chi connectivity index (χ1) is 49.2. The predicted octanol–water partition coefficient (Wildman–Crippen LogP) is 14.7. The fraction of sp³-hybridized carbons (Fsp3) is 0.570. The van der Waals surface area contributed by atoms with E-state index in [0.29, 0.717) is 70.8 Å². The molecule has 12 rings (SSSR count). The third-order valence-electron chi connectivity index (χ3n) is 22.3. The summed E-state index contributed by atoms with van der Waals surface area (Å²) in [7, 11) is -0.848. The number of piperidine rings is 2. The number of halogens is 2. The minimum Gasteiger partial charge on any atom is -0.468 e. The van der Waals surface area contributed by atoms with E-state index in [0.717, 1.165) is 92.8 Å². The van der Waals surface area contributed by atoms with Crippen molar-refractivity contribution >= 4 is 70.6 Å². The van der Waals surface area contributed by atoms with Gasteiger partial charge in [0.15, 0.2) is 24.2 Å². The van der Waals surface area contributed by atoms with Crippen molar-refractivity contribution in [1.82, 2.24) is 45.1 Å². The van der Waals surface area contributed by atoms with E-state index in [-0.39, 0.29) is 113 Å². The number of thiazole rings is 1. The number of likely N-dealkylation sites (tertiary alicyclic amines) is 2. The Hall–Kier alpha value is -7.82. The van der Waals surface area contributed by atoms with Gasteiger partial charge in [0, 0.05) is 76.0 Å². The van der Waals surface area contributed by atoms with Crippen LogP contribution in [0.2, 0.25) is 16.6 Å². The number of nitrogens with zero attached hydrogens (tertiary/aromatic N) is 10. The largest absolute Gasteiger partial charge is 0.468 e. The van der Waals surface area contributed by atoms with E-state index < -0.39 is 43.4 Å². The van der Waals surface area contributed by atoms with Gasteiger partial charge < -0.3 is 48.6 Å². The van der Waals surface area contributed by atoms with Crippen LogP contribution in [0.15, 0.2) is 70.8 Å². The molecule has 0 spiro atoms. The molecular weight excluding hydrogens is 1350 g/mol. The second kappa shape index (κ2) is 31.5. The summed E-state index contributed by atoms with van der Waals surface area (Å²) < 4.78 is 64.6. The van der Waals surface area contributed by atoms with Crippen LogP contribution in [0.25, 0.3) is 43.4 Å². The lowest BCUT2D eigenvalue weighted by atomic mass is 9.83. The molecule has 2 N–H and O–H groups in total. The highest BCUT2D eigenvalue weighted by molar-refractivity contribution is 7.13. The molecule has 20 nitrogen and oxygen atoms in total. The number of ether oxygens (including phenoxy) is 4. The first-order valence-corrected chi connectivity index (χ1v) is 40.2. The number of aliphatic hydroxyl groups excluding tert-OH is 1. The van der Waals surface area contributed by atoms with Crippen LogP contribution in [0.5, 0.6) is 11.8 Å². The van der Waals surface area contributed by atoms with E-state index in [1.807, 2.05) is 89.2 Å². The minimum atomic E-state index is -2.37. The molecule has 5 aliphatic heterocycles. The maximum atomic E-state index is 18.2. The van der Waals surface area contributed by atoms with Gasteiger partial charge in [0.1, 0.15) is 60.8 Å². The standard InChI is InChI=1S/C79H103F2N11O9SSi/c1-46(2)68(76(95)91-43-59(93)37-65(91)75(94)84-50(9)54-15-17-55(18-16-54)73-51(10)83-44-102-73)66-39-67(87-101-66)89-30-25-53(26-31-89)35-52-23-28-88(29-24-52)32-33-98-77-85-72-63(74(86-77)90-41-57-20-21-58(42-90)92(57)78(96)100-79(11,12)13)40-82-71(70(72)81)62-38-60(99-45-97-14)36-56-19-22-64(80)61(69(56)62)27-34-103(47(3)4,48(5)6)49(7)8/h15-19,22,36,38-40,44,46-50,52-53,57-59,65,68,93H,20-21,23-26,28-33,35,37,41-43,45H2,1-14H3,(H,84,94)/t50-,57-,58+,59+,65-,68+/m0/s1. The Balaban J connectivity index is 0.703. The molecular formula is C79H103F2N11O9SSi. The van der Waals surface area contributed by atoms with Gasteiger partial charge in [-0.1, -0.05) is 96.8 Å². The van der Waals surface area contributed by atoms with Crippen LogP contribution in [-0.4, -0.2) is 174 Å². The van der Waals surface area contributed by atoms with Gasteiger partial charge in [0.05, 0.1) is 51.3 Å². The van der Waals surface area contributed by atoms with E-state index in [4.69, 9.17) is 38.4 Å². The minimum absolute atomic E-state index is 0.00775. The van der Waals surface area contributed by atoms with Crippen LogP contribution in [-0.2, 0) is 19.1 Å². The Morgan fingerprint density at radius 1 is 0.825 bits per heavy atom. The molecule has 3 aromatic carbocycles. The van der Waals surface area contributed by atoms with E-state index in [9.17, 15) is 19.5 Å². The Morgan fingerprint density at radius 2 is 1.50 bits per heavy atom. The number of carbonyl (C=O) groups is 3.